The Morgan fingerprint density at radius 2 is 1.72 bits per heavy atom. The largest absolute Gasteiger partial charge is 0.488 e. The van der Waals surface area contributed by atoms with Gasteiger partial charge in [0, 0.05) is 28.4 Å². The Labute approximate surface area is 217 Å². The van der Waals surface area contributed by atoms with Gasteiger partial charge in [-0.15, -0.1) is 0 Å². The number of nitrogens with one attached hydrogen (secondary N) is 1. The molecule has 0 aromatic heterocycles. The average molecular weight is 491 g/mol. The third-order valence-corrected chi connectivity index (χ3v) is 7.32. The van der Waals surface area contributed by atoms with Crippen LogP contribution in [0.3, 0.4) is 0 Å². The van der Waals surface area contributed by atoms with Gasteiger partial charge in [-0.2, -0.15) is 0 Å². The molecule has 0 saturated carbocycles. The number of aliphatic imine (C=N–C) groups is 1. The van der Waals surface area contributed by atoms with Crippen molar-refractivity contribution in [3.05, 3.63) is 136 Å². The molecule has 1 aliphatic carbocycles. The molecule has 4 heteroatoms. The van der Waals surface area contributed by atoms with Crippen LogP contribution in [0.4, 0.5) is 11.4 Å². The van der Waals surface area contributed by atoms with Crippen LogP contribution >= 0.6 is 11.6 Å². The van der Waals surface area contributed by atoms with E-state index in [1.54, 1.807) is 0 Å². The maximum absolute atomic E-state index is 6.27. The van der Waals surface area contributed by atoms with Gasteiger partial charge in [0.05, 0.1) is 11.7 Å². The number of nitrogens with zero attached hydrogens (tertiary/aromatic N) is 1. The van der Waals surface area contributed by atoms with Crippen molar-refractivity contribution in [2.45, 2.75) is 25.0 Å². The molecule has 3 atom stereocenters. The first kappa shape index (κ1) is 22.6. The zero-order valence-corrected chi connectivity index (χ0v) is 20.6. The van der Waals surface area contributed by atoms with Gasteiger partial charge in [-0.1, -0.05) is 84.4 Å². The maximum Gasteiger partial charge on any atom is 0.128 e. The average Bonchev–Trinajstić information content (AvgIpc) is 3.42. The summed E-state index contributed by atoms with van der Waals surface area (Å²) in [6.07, 6.45) is 7.62. The van der Waals surface area contributed by atoms with Crippen molar-refractivity contribution in [1.82, 2.24) is 0 Å². The lowest BCUT2D eigenvalue weighted by Crippen LogP contribution is -2.28. The molecule has 178 valence electrons. The van der Waals surface area contributed by atoms with Crippen molar-refractivity contribution in [2.24, 2.45) is 10.9 Å². The summed E-state index contributed by atoms with van der Waals surface area (Å²) >= 11 is 6.27. The van der Waals surface area contributed by atoms with Crippen LogP contribution in [0.2, 0.25) is 5.02 Å². The number of para-hydroxylation sites is 1. The van der Waals surface area contributed by atoms with Gasteiger partial charge in [0.15, 0.2) is 0 Å². The van der Waals surface area contributed by atoms with Gasteiger partial charge in [-0.05, 0) is 65.4 Å². The fourth-order valence-corrected chi connectivity index (χ4v) is 5.45. The number of hydrogen-bond donors (Lipinski definition) is 1. The van der Waals surface area contributed by atoms with Crippen molar-refractivity contribution in [3.8, 4) is 5.75 Å². The molecule has 6 rings (SSSR count). The molecule has 0 spiro atoms. The van der Waals surface area contributed by atoms with E-state index >= 15 is 0 Å². The van der Waals surface area contributed by atoms with E-state index in [0.717, 1.165) is 29.0 Å². The summed E-state index contributed by atoms with van der Waals surface area (Å²) < 4.78 is 6.07. The lowest BCUT2D eigenvalue weighted by molar-refractivity contribution is 0.306. The molecular weight excluding hydrogens is 464 g/mol. The highest BCUT2D eigenvalue weighted by molar-refractivity contribution is 6.30. The third-order valence-electron chi connectivity index (χ3n) is 7.09. The second-order valence-electron chi connectivity index (χ2n) is 9.37. The lowest BCUT2D eigenvalue weighted by Gasteiger charge is -2.37. The van der Waals surface area contributed by atoms with Crippen molar-refractivity contribution in [1.29, 1.82) is 0 Å². The Hall–Kier alpha value is -3.82. The highest BCUT2D eigenvalue weighted by Gasteiger charge is 2.37. The topological polar surface area (TPSA) is 33.6 Å². The van der Waals surface area contributed by atoms with Crippen LogP contribution in [0.25, 0.3) is 0 Å². The quantitative estimate of drug-likeness (QED) is 0.217. The van der Waals surface area contributed by atoms with Gasteiger partial charge in [-0.25, -0.2) is 0 Å². The van der Waals surface area contributed by atoms with Crippen molar-refractivity contribution < 1.29 is 4.74 Å². The molecule has 4 aromatic rings. The summed E-state index contributed by atoms with van der Waals surface area (Å²) in [5.74, 6) is 1.76. The molecule has 0 unspecified atom stereocenters. The number of benzene rings is 4. The maximum atomic E-state index is 6.27. The van der Waals surface area contributed by atoms with Gasteiger partial charge < -0.3 is 10.1 Å². The standard InChI is InChI=1S/C32H27ClN2O/c33-25-15-18-31(36-21-22-7-2-1-3-8-22)24(19-25)20-34-26-16-13-23(14-17-26)32-29-11-6-10-27(29)28-9-4-5-12-30(28)35-32/h1-10,12-20,27,29,32,35H,11,21H2/t27-,29+,32+/m1/s1. The van der Waals surface area contributed by atoms with Crippen molar-refractivity contribution in [2.75, 3.05) is 5.32 Å². The minimum Gasteiger partial charge on any atom is -0.488 e. The Balaban J connectivity index is 1.19. The van der Waals surface area contributed by atoms with E-state index in [9.17, 15) is 0 Å². The summed E-state index contributed by atoms with van der Waals surface area (Å²) in [6.45, 7) is 0.493. The summed E-state index contributed by atoms with van der Waals surface area (Å²) in [4.78, 5) is 4.73. The van der Waals surface area contributed by atoms with Crippen LogP contribution in [-0.2, 0) is 6.61 Å². The number of allylic oxidation sites excluding steroid dienone is 2. The highest BCUT2D eigenvalue weighted by atomic mass is 35.5. The zero-order chi connectivity index (χ0) is 24.3. The van der Waals surface area contributed by atoms with Crippen LogP contribution in [0, 0.1) is 5.92 Å². The van der Waals surface area contributed by atoms with E-state index in [4.69, 9.17) is 21.3 Å². The van der Waals surface area contributed by atoms with E-state index in [-0.39, 0.29) is 6.04 Å². The molecular formula is C32H27ClN2O. The van der Waals surface area contributed by atoms with Crippen LogP contribution in [0.15, 0.2) is 114 Å². The number of halogens is 1. The van der Waals surface area contributed by atoms with Crippen LogP contribution < -0.4 is 10.1 Å². The lowest BCUT2D eigenvalue weighted by atomic mass is 9.77. The van der Waals surface area contributed by atoms with Crippen LogP contribution in [0.1, 0.15) is 40.6 Å². The Morgan fingerprint density at radius 1 is 0.917 bits per heavy atom. The van der Waals surface area contributed by atoms with Gasteiger partial charge in [-0.3, -0.25) is 4.99 Å². The van der Waals surface area contributed by atoms with Gasteiger partial charge in [0.1, 0.15) is 12.4 Å². The molecule has 1 heterocycles. The molecule has 0 amide bonds. The normalized spacial score (nSPS) is 20.1. The summed E-state index contributed by atoms with van der Waals surface area (Å²) in [5, 5.41) is 4.45. The van der Waals surface area contributed by atoms with E-state index < -0.39 is 0 Å². The van der Waals surface area contributed by atoms with Crippen molar-refractivity contribution in [3.63, 3.8) is 0 Å². The molecule has 3 nitrogen and oxygen atoms in total. The number of anilines is 1. The SMILES string of the molecule is Clc1ccc(OCc2ccccc2)c(C=Nc2ccc([C@@H]3Nc4ccccc4[C@H]4C=CC[C@@H]43)cc2)c1. The molecule has 2 aliphatic rings. The second kappa shape index (κ2) is 10.0. The first-order valence-electron chi connectivity index (χ1n) is 12.4. The van der Waals surface area contributed by atoms with Crippen molar-refractivity contribution >= 4 is 29.2 Å². The van der Waals surface area contributed by atoms with E-state index in [1.807, 2.05) is 42.6 Å². The number of rotatable bonds is 6. The fourth-order valence-electron chi connectivity index (χ4n) is 5.27. The third kappa shape index (κ3) is 4.67. The predicted molar refractivity (Wildman–Crippen MR) is 149 cm³/mol. The minimum atomic E-state index is 0.281. The predicted octanol–water partition coefficient (Wildman–Crippen LogP) is 8.50. The first-order chi connectivity index (χ1) is 17.7. The molecule has 0 radical (unpaired) electrons. The van der Waals surface area contributed by atoms with E-state index in [2.05, 4.69) is 78.1 Å². The molecule has 0 bridgehead atoms. The zero-order valence-electron chi connectivity index (χ0n) is 19.8. The van der Waals surface area contributed by atoms with Gasteiger partial charge in [0.2, 0.25) is 0 Å². The molecule has 1 aliphatic heterocycles. The van der Waals surface area contributed by atoms with Gasteiger partial charge >= 0.3 is 0 Å². The van der Waals surface area contributed by atoms with E-state index in [0.29, 0.717) is 23.5 Å². The number of hydrogen-bond acceptors (Lipinski definition) is 3. The van der Waals surface area contributed by atoms with E-state index in [1.165, 1.54) is 16.8 Å². The fraction of sp³-hybridized carbons (Fsp3) is 0.156. The minimum absolute atomic E-state index is 0.281. The smallest absolute Gasteiger partial charge is 0.128 e. The van der Waals surface area contributed by atoms with Crippen LogP contribution in [0.5, 0.6) is 5.75 Å². The molecule has 4 aromatic carbocycles. The summed E-state index contributed by atoms with van der Waals surface area (Å²) in [6, 6.07) is 33.3. The molecule has 0 fully saturated rings. The Morgan fingerprint density at radius 3 is 2.58 bits per heavy atom. The number of ether oxygens (including phenoxy) is 1. The molecule has 0 saturated heterocycles. The monoisotopic (exact) mass is 490 g/mol. The number of fused-ring (bicyclic) bond motifs is 3. The van der Waals surface area contributed by atoms with Crippen LogP contribution in [-0.4, -0.2) is 6.21 Å². The highest BCUT2D eigenvalue weighted by Crippen LogP contribution is 2.49. The van der Waals surface area contributed by atoms with Gasteiger partial charge in [0.25, 0.3) is 0 Å². The molecule has 36 heavy (non-hydrogen) atoms. The summed E-state index contributed by atoms with van der Waals surface area (Å²) in [5.41, 5.74) is 6.79. The molecule has 1 N–H and O–H groups in total. The Kier molecular flexibility index (Phi) is 6.31. The second-order valence-corrected chi connectivity index (χ2v) is 9.81. The Bertz CT molecular complexity index is 1410. The summed E-state index contributed by atoms with van der Waals surface area (Å²) in [7, 11) is 0. The first-order valence-corrected chi connectivity index (χ1v) is 12.7.